The first-order valence-corrected chi connectivity index (χ1v) is 2.94. The zero-order valence-corrected chi connectivity index (χ0v) is 5.76. The molecule has 0 bridgehead atoms. The number of rotatable bonds is 4. The molecule has 1 unspecified atom stereocenters. The number of aliphatic hydroxyl groups excluding tert-OH is 1. The van der Waals surface area contributed by atoms with Crippen LogP contribution in [0.1, 0.15) is 0 Å². The summed E-state index contributed by atoms with van der Waals surface area (Å²) in [6, 6.07) is 0. The largest absolute Gasteiger partial charge is 0.385 e. The molecule has 0 aromatic heterocycles. The predicted molar refractivity (Wildman–Crippen MR) is 35.2 cm³/mol. The van der Waals surface area contributed by atoms with Crippen molar-refractivity contribution < 1.29 is 18.7 Å². The molecule has 0 aromatic carbocycles. The summed E-state index contributed by atoms with van der Waals surface area (Å²) in [6.45, 7) is 2.65. The normalized spacial score (nSPS) is 12.7. The van der Waals surface area contributed by atoms with Crippen LogP contribution in [0.2, 0.25) is 0 Å². The van der Waals surface area contributed by atoms with Gasteiger partial charge in [0.2, 0.25) is 5.91 Å². The highest BCUT2D eigenvalue weighted by molar-refractivity contribution is 5.86. The Labute approximate surface area is 62.7 Å². The Kier molecular flexibility index (Phi) is 4.36. The van der Waals surface area contributed by atoms with Gasteiger partial charge in [-0.15, -0.1) is 0 Å². The van der Waals surface area contributed by atoms with Gasteiger partial charge in [0.1, 0.15) is 6.10 Å². The van der Waals surface area contributed by atoms with E-state index in [1.807, 2.05) is 5.32 Å². The minimum absolute atomic E-state index is 0.456. The van der Waals surface area contributed by atoms with E-state index in [1.54, 1.807) is 0 Å². The van der Waals surface area contributed by atoms with Gasteiger partial charge >= 0.3 is 0 Å². The van der Waals surface area contributed by atoms with Gasteiger partial charge in [0, 0.05) is 6.54 Å². The molecule has 64 valence electrons. The molecule has 5 heteroatoms. The van der Waals surface area contributed by atoms with Gasteiger partial charge < -0.3 is 10.4 Å². The van der Waals surface area contributed by atoms with Crippen LogP contribution in [0, 0.1) is 0 Å². The summed E-state index contributed by atoms with van der Waals surface area (Å²) in [4.78, 5) is 10.4. The lowest BCUT2D eigenvalue weighted by Crippen LogP contribution is -2.34. The number of alkyl halides is 2. The first kappa shape index (κ1) is 10.0. The van der Waals surface area contributed by atoms with Crippen LogP contribution in [0.15, 0.2) is 12.7 Å². The van der Waals surface area contributed by atoms with Gasteiger partial charge in [-0.3, -0.25) is 4.79 Å². The standard InChI is InChI=1S/C6H9F2NO2/c1-2-5(11)9-3-4(10)6(7)8/h2,4,6,10H,1,3H2,(H,9,11). The van der Waals surface area contributed by atoms with Gasteiger partial charge in [0.05, 0.1) is 0 Å². The third kappa shape index (κ3) is 4.44. The van der Waals surface area contributed by atoms with Crippen LogP contribution in [0.25, 0.3) is 0 Å². The molecule has 2 N–H and O–H groups in total. The lowest BCUT2D eigenvalue weighted by molar-refractivity contribution is -0.117. The van der Waals surface area contributed by atoms with E-state index < -0.39 is 25.0 Å². The van der Waals surface area contributed by atoms with Crippen molar-refractivity contribution in [3.63, 3.8) is 0 Å². The summed E-state index contributed by atoms with van der Waals surface area (Å²) < 4.78 is 23.1. The average molecular weight is 165 g/mol. The lowest BCUT2D eigenvalue weighted by Gasteiger charge is -2.08. The summed E-state index contributed by atoms with van der Waals surface area (Å²) >= 11 is 0. The quantitative estimate of drug-likeness (QED) is 0.572. The second-order valence-corrected chi connectivity index (χ2v) is 1.85. The van der Waals surface area contributed by atoms with Gasteiger partial charge in [-0.05, 0) is 6.08 Å². The fraction of sp³-hybridized carbons (Fsp3) is 0.500. The number of hydrogen-bond acceptors (Lipinski definition) is 2. The first-order chi connectivity index (χ1) is 5.07. The molecule has 3 nitrogen and oxygen atoms in total. The number of aliphatic hydroxyl groups is 1. The number of carbonyl (C=O) groups excluding carboxylic acids is 1. The zero-order chi connectivity index (χ0) is 8.85. The third-order valence-corrected chi connectivity index (χ3v) is 0.962. The minimum Gasteiger partial charge on any atom is -0.385 e. The Balaban J connectivity index is 3.53. The van der Waals surface area contributed by atoms with Crippen molar-refractivity contribution in [3.05, 3.63) is 12.7 Å². The molecule has 0 rings (SSSR count). The lowest BCUT2D eigenvalue weighted by atomic mass is 10.3. The van der Waals surface area contributed by atoms with Crippen molar-refractivity contribution in [3.8, 4) is 0 Å². The molecular formula is C6H9F2NO2. The molecule has 1 atom stereocenters. The molecule has 0 aliphatic carbocycles. The number of carbonyl (C=O) groups is 1. The van der Waals surface area contributed by atoms with Crippen LogP contribution in [0.3, 0.4) is 0 Å². The van der Waals surface area contributed by atoms with Gasteiger partial charge in [0.25, 0.3) is 6.43 Å². The molecule has 11 heavy (non-hydrogen) atoms. The van der Waals surface area contributed by atoms with E-state index in [-0.39, 0.29) is 0 Å². The smallest absolute Gasteiger partial charge is 0.265 e. The maximum Gasteiger partial charge on any atom is 0.265 e. The molecule has 0 heterocycles. The Morgan fingerprint density at radius 2 is 2.27 bits per heavy atom. The summed E-state index contributed by atoms with van der Waals surface area (Å²) in [6.07, 6.45) is -3.70. The highest BCUT2D eigenvalue weighted by Crippen LogP contribution is 1.97. The summed E-state index contributed by atoms with van der Waals surface area (Å²) in [7, 11) is 0. The Hall–Kier alpha value is -0.970. The Morgan fingerprint density at radius 3 is 2.64 bits per heavy atom. The van der Waals surface area contributed by atoms with Crippen LogP contribution in [0.4, 0.5) is 8.78 Å². The maximum absolute atomic E-state index is 11.6. The second-order valence-electron chi connectivity index (χ2n) is 1.85. The molecule has 0 aliphatic rings. The topological polar surface area (TPSA) is 49.3 Å². The molecular weight excluding hydrogens is 156 g/mol. The minimum atomic E-state index is -2.83. The SMILES string of the molecule is C=CC(=O)NCC(O)C(F)F. The van der Waals surface area contributed by atoms with Gasteiger partial charge in [0.15, 0.2) is 0 Å². The molecule has 0 saturated carbocycles. The Bertz CT molecular complexity index is 150. The van der Waals surface area contributed by atoms with Gasteiger partial charge in [-0.25, -0.2) is 8.78 Å². The molecule has 0 fully saturated rings. The molecule has 0 saturated heterocycles. The number of halogens is 2. The van der Waals surface area contributed by atoms with E-state index in [2.05, 4.69) is 6.58 Å². The van der Waals surface area contributed by atoms with Gasteiger partial charge in [-0.2, -0.15) is 0 Å². The molecule has 0 spiro atoms. The first-order valence-electron chi connectivity index (χ1n) is 2.94. The monoisotopic (exact) mass is 165 g/mol. The number of nitrogens with one attached hydrogen (secondary N) is 1. The van der Waals surface area contributed by atoms with Crippen molar-refractivity contribution in [2.45, 2.75) is 12.5 Å². The molecule has 0 radical (unpaired) electrons. The highest BCUT2D eigenvalue weighted by Gasteiger charge is 2.16. The summed E-state index contributed by atoms with van der Waals surface area (Å²) in [5, 5.41) is 10.5. The molecule has 0 aliphatic heterocycles. The Morgan fingerprint density at radius 1 is 1.73 bits per heavy atom. The summed E-state index contributed by atoms with van der Waals surface area (Å²) in [5.41, 5.74) is 0. The number of hydrogen-bond donors (Lipinski definition) is 2. The van der Waals surface area contributed by atoms with Crippen molar-refractivity contribution in [1.29, 1.82) is 0 Å². The van der Waals surface area contributed by atoms with Crippen molar-refractivity contribution in [2.75, 3.05) is 6.54 Å². The predicted octanol–water partition coefficient (Wildman–Crippen LogP) is -0.0854. The highest BCUT2D eigenvalue weighted by atomic mass is 19.3. The van der Waals surface area contributed by atoms with E-state index in [1.165, 1.54) is 0 Å². The fourth-order valence-corrected chi connectivity index (χ4v) is 0.366. The zero-order valence-electron chi connectivity index (χ0n) is 5.76. The van der Waals surface area contributed by atoms with Crippen molar-refractivity contribution >= 4 is 5.91 Å². The van der Waals surface area contributed by atoms with E-state index in [4.69, 9.17) is 5.11 Å². The third-order valence-electron chi connectivity index (χ3n) is 0.962. The average Bonchev–Trinajstić information content (AvgIpc) is 1.99. The molecule has 0 aromatic rings. The summed E-state index contributed by atoms with van der Waals surface area (Å²) in [5.74, 6) is -0.579. The van der Waals surface area contributed by atoms with E-state index in [0.29, 0.717) is 0 Å². The van der Waals surface area contributed by atoms with E-state index in [0.717, 1.165) is 6.08 Å². The van der Waals surface area contributed by atoms with Crippen molar-refractivity contribution in [2.24, 2.45) is 0 Å². The number of amides is 1. The maximum atomic E-state index is 11.6. The van der Waals surface area contributed by atoms with Crippen LogP contribution < -0.4 is 5.32 Å². The fourth-order valence-electron chi connectivity index (χ4n) is 0.366. The van der Waals surface area contributed by atoms with Gasteiger partial charge in [-0.1, -0.05) is 6.58 Å². The second kappa shape index (κ2) is 4.79. The van der Waals surface area contributed by atoms with Crippen LogP contribution >= 0.6 is 0 Å². The van der Waals surface area contributed by atoms with Crippen molar-refractivity contribution in [1.82, 2.24) is 5.32 Å². The van der Waals surface area contributed by atoms with Crippen LogP contribution in [0.5, 0.6) is 0 Å². The molecule has 1 amide bonds. The van der Waals surface area contributed by atoms with Crippen LogP contribution in [-0.4, -0.2) is 30.1 Å². The van der Waals surface area contributed by atoms with E-state index in [9.17, 15) is 13.6 Å². The van der Waals surface area contributed by atoms with E-state index >= 15 is 0 Å². The van der Waals surface area contributed by atoms with Crippen LogP contribution in [-0.2, 0) is 4.79 Å².